The molecule has 0 amide bonds. The molecule has 0 aromatic heterocycles. The Kier molecular flexibility index (Phi) is 9.30. The van der Waals surface area contributed by atoms with Gasteiger partial charge in [-0.2, -0.15) is 24.4 Å². The van der Waals surface area contributed by atoms with Gasteiger partial charge >= 0.3 is 0 Å². The van der Waals surface area contributed by atoms with E-state index in [2.05, 4.69) is 24.2 Å². The third-order valence-electron chi connectivity index (χ3n) is 0.991. The SMILES string of the molecule is CSCCCNCCS. The Hall–Kier alpha value is 0.660. The fraction of sp³-hybridized carbons (Fsp3) is 1.00. The van der Waals surface area contributed by atoms with Gasteiger partial charge in [-0.15, -0.1) is 0 Å². The molecule has 1 N–H and O–H groups in total. The lowest BCUT2D eigenvalue weighted by Gasteiger charge is -1.99. The van der Waals surface area contributed by atoms with Crippen LogP contribution < -0.4 is 5.32 Å². The van der Waals surface area contributed by atoms with E-state index in [1.807, 2.05) is 11.8 Å². The van der Waals surface area contributed by atoms with Gasteiger partial charge in [0.1, 0.15) is 0 Å². The van der Waals surface area contributed by atoms with Crippen molar-refractivity contribution in [2.24, 2.45) is 0 Å². The van der Waals surface area contributed by atoms with Crippen LogP contribution in [0.5, 0.6) is 0 Å². The van der Waals surface area contributed by atoms with Crippen molar-refractivity contribution in [3.8, 4) is 0 Å². The van der Waals surface area contributed by atoms with E-state index < -0.39 is 0 Å². The predicted molar refractivity (Wildman–Crippen MR) is 49.7 cm³/mol. The average molecular weight is 165 g/mol. The van der Waals surface area contributed by atoms with Crippen LogP contribution in [0.1, 0.15) is 6.42 Å². The first-order valence-electron chi connectivity index (χ1n) is 3.22. The highest BCUT2D eigenvalue weighted by Gasteiger charge is 1.83. The number of thioether (sulfide) groups is 1. The molecule has 0 bridgehead atoms. The van der Waals surface area contributed by atoms with Crippen LogP contribution in [0.15, 0.2) is 0 Å². The van der Waals surface area contributed by atoms with Crippen molar-refractivity contribution in [2.75, 3.05) is 30.9 Å². The molecule has 1 nitrogen and oxygen atoms in total. The summed E-state index contributed by atoms with van der Waals surface area (Å²) >= 11 is 5.98. The Bertz CT molecular complexity index is 44.3. The van der Waals surface area contributed by atoms with E-state index in [1.54, 1.807) is 0 Å². The van der Waals surface area contributed by atoms with Crippen molar-refractivity contribution >= 4 is 24.4 Å². The molecule has 0 aliphatic heterocycles. The van der Waals surface area contributed by atoms with E-state index in [0.29, 0.717) is 0 Å². The van der Waals surface area contributed by atoms with Crippen LogP contribution in [0.25, 0.3) is 0 Å². The minimum absolute atomic E-state index is 0.944. The summed E-state index contributed by atoms with van der Waals surface area (Å²) in [5.74, 6) is 2.21. The van der Waals surface area contributed by atoms with Gasteiger partial charge in [-0.3, -0.25) is 0 Å². The van der Waals surface area contributed by atoms with Crippen molar-refractivity contribution < 1.29 is 0 Å². The molecule has 0 atom stereocenters. The van der Waals surface area contributed by atoms with Crippen molar-refractivity contribution in [3.63, 3.8) is 0 Å². The van der Waals surface area contributed by atoms with Gasteiger partial charge in [0.05, 0.1) is 0 Å². The topological polar surface area (TPSA) is 12.0 Å². The van der Waals surface area contributed by atoms with E-state index in [4.69, 9.17) is 0 Å². The predicted octanol–water partition coefficient (Wildman–Crippen LogP) is 1.26. The summed E-state index contributed by atoms with van der Waals surface area (Å²) in [5.41, 5.74) is 0. The highest BCUT2D eigenvalue weighted by atomic mass is 32.2. The number of hydrogen-bond acceptors (Lipinski definition) is 3. The lowest BCUT2D eigenvalue weighted by Crippen LogP contribution is -2.18. The monoisotopic (exact) mass is 165 g/mol. The maximum atomic E-state index is 4.08. The first-order valence-corrected chi connectivity index (χ1v) is 5.25. The minimum Gasteiger partial charge on any atom is -0.316 e. The summed E-state index contributed by atoms with van der Waals surface area (Å²) in [5, 5.41) is 3.28. The lowest BCUT2D eigenvalue weighted by atomic mass is 10.5. The maximum absolute atomic E-state index is 4.08. The molecule has 0 fully saturated rings. The second-order valence-electron chi connectivity index (χ2n) is 1.82. The van der Waals surface area contributed by atoms with Gasteiger partial charge in [-0.25, -0.2) is 0 Å². The molecule has 0 aromatic carbocycles. The molecule has 0 spiro atoms. The van der Waals surface area contributed by atoms with E-state index in [-0.39, 0.29) is 0 Å². The third-order valence-corrected chi connectivity index (χ3v) is 1.91. The summed E-state index contributed by atoms with van der Waals surface area (Å²) in [6.45, 7) is 2.18. The quantitative estimate of drug-likeness (QED) is 0.454. The largest absolute Gasteiger partial charge is 0.316 e. The zero-order valence-electron chi connectivity index (χ0n) is 5.89. The Morgan fingerprint density at radius 1 is 1.44 bits per heavy atom. The van der Waals surface area contributed by atoms with Crippen LogP contribution in [-0.4, -0.2) is 30.9 Å². The van der Waals surface area contributed by atoms with E-state index in [0.717, 1.165) is 18.8 Å². The Balaban J connectivity index is 2.60. The lowest BCUT2D eigenvalue weighted by molar-refractivity contribution is 0.712. The second-order valence-corrected chi connectivity index (χ2v) is 3.25. The fourth-order valence-electron chi connectivity index (χ4n) is 0.546. The Labute approximate surface area is 67.4 Å². The van der Waals surface area contributed by atoms with Gasteiger partial charge in [0, 0.05) is 12.3 Å². The number of nitrogens with one attached hydrogen (secondary N) is 1. The van der Waals surface area contributed by atoms with Gasteiger partial charge in [0.2, 0.25) is 0 Å². The second kappa shape index (κ2) is 8.66. The molecule has 0 saturated carbocycles. The van der Waals surface area contributed by atoms with Gasteiger partial charge in [0.15, 0.2) is 0 Å². The Morgan fingerprint density at radius 2 is 2.22 bits per heavy atom. The zero-order valence-corrected chi connectivity index (χ0v) is 7.60. The summed E-state index contributed by atoms with van der Waals surface area (Å²) < 4.78 is 0. The van der Waals surface area contributed by atoms with Crippen LogP contribution in [0.2, 0.25) is 0 Å². The molecule has 0 aliphatic rings. The van der Waals surface area contributed by atoms with E-state index in [1.165, 1.54) is 12.2 Å². The average Bonchev–Trinajstić information content (AvgIpc) is 1.89. The van der Waals surface area contributed by atoms with E-state index in [9.17, 15) is 0 Å². The van der Waals surface area contributed by atoms with E-state index >= 15 is 0 Å². The molecular weight excluding hydrogens is 150 g/mol. The van der Waals surface area contributed by atoms with Crippen LogP contribution in [0.3, 0.4) is 0 Å². The smallest absolute Gasteiger partial charge is 0.00397 e. The number of thiol groups is 1. The van der Waals surface area contributed by atoms with Crippen molar-refractivity contribution in [3.05, 3.63) is 0 Å². The molecule has 56 valence electrons. The molecule has 0 aromatic rings. The first-order chi connectivity index (χ1) is 4.41. The summed E-state index contributed by atoms with van der Waals surface area (Å²) in [6.07, 6.45) is 3.41. The molecule has 0 heterocycles. The summed E-state index contributed by atoms with van der Waals surface area (Å²) in [4.78, 5) is 0. The highest BCUT2D eigenvalue weighted by molar-refractivity contribution is 7.98. The van der Waals surface area contributed by atoms with Gasteiger partial charge in [-0.1, -0.05) is 0 Å². The molecule has 0 radical (unpaired) electrons. The molecule has 3 heteroatoms. The normalized spacial score (nSPS) is 10.0. The summed E-state index contributed by atoms with van der Waals surface area (Å²) in [6, 6.07) is 0. The maximum Gasteiger partial charge on any atom is 0.00397 e. The van der Waals surface area contributed by atoms with Crippen LogP contribution in [0, 0.1) is 0 Å². The number of rotatable bonds is 6. The van der Waals surface area contributed by atoms with Gasteiger partial charge in [-0.05, 0) is 25.0 Å². The Morgan fingerprint density at radius 3 is 2.78 bits per heavy atom. The van der Waals surface area contributed by atoms with Crippen molar-refractivity contribution in [2.45, 2.75) is 6.42 Å². The first kappa shape index (κ1) is 9.66. The number of hydrogen-bond donors (Lipinski definition) is 2. The molecule has 9 heavy (non-hydrogen) atoms. The van der Waals surface area contributed by atoms with Crippen molar-refractivity contribution in [1.82, 2.24) is 5.32 Å². The van der Waals surface area contributed by atoms with Crippen LogP contribution in [-0.2, 0) is 0 Å². The van der Waals surface area contributed by atoms with Crippen LogP contribution >= 0.6 is 24.4 Å². The minimum atomic E-state index is 0.944. The summed E-state index contributed by atoms with van der Waals surface area (Å²) in [7, 11) is 0. The molecule has 0 rings (SSSR count). The molecular formula is C6H15NS2. The van der Waals surface area contributed by atoms with Crippen molar-refractivity contribution in [1.29, 1.82) is 0 Å². The highest BCUT2D eigenvalue weighted by Crippen LogP contribution is 1.92. The molecule has 0 saturated heterocycles. The zero-order chi connectivity index (χ0) is 6.95. The van der Waals surface area contributed by atoms with Crippen LogP contribution in [0.4, 0.5) is 0 Å². The molecule has 0 aliphatic carbocycles. The standard InChI is InChI=1S/C6H15NS2/c1-9-6-2-3-7-4-5-8/h7-8H,2-6H2,1H3. The van der Waals surface area contributed by atoms with Gasteiger partial charge < -0.3 is 5.32 Å². The third kappa shape index (κ3) is 8.66. The fourth-order valence-corrected chi connectivity index (χ4v) is 1.14. The van der Waals surface area contributed by atoms with Gasteiger partial charge in [0.25, 0.3) is 0 Å². The molecule has 0 unspecified atom stereocenters.